The van der Waals surface area contributed by atoms with Gasteiger partial charge in [0, 0.05) is 5.69 Å². The summed E-state index contributed by atoms with van der Waals surface area (Å²) in [5, 5.41) is 9.84. The fraction of sp³-hybridized carbons (Fsp3) is 0.526. The zero-order valence-corrected chi connectivity index (χ0v) is 17.3. The van der Waals surface area contributed by atoms with Crippen molar-refractivity contribution in [1.29, 1.82) is 0 Å². The maximum atomic E-state index is 13.4. The summed E-state index contributed by atoms with van der Waals surface area (Å²) in [6.45, 7) is 2.54. The third-order valence-electron chi connectivity index (χ3n) is 4.71. The zero-order chi connectivity index (χ0) is 21.7. The monoisotopic (exact) mass is 445 g/mol. The summed E-state index contributed by atoms with van der Waals surface area (Å²) in [5.41, 5.74) is 0.624. The molecule has 0 saturated carbocycles. The lowest BCUT2D eigenvalue weighted by atomic mass is 10.1. The minimum absolute atomic E-state index is 0.364. The van der Waals surface area contributed by atoms with Crippen molar-refractivity contribution in [2.75, 3.05) is 19.6 Å². The number of hydrogen-bond donors (Lipinski definition) is 1. The largest absolute Gasteiger partial charge is 0.405 e. The minimum Gasteiger partial charge on any atom is -0.346 e. The quantitative estimate of drug-likeness (QED) is 0.522. The second-order valence-electron chi connectivity index (χ2n) is 7.14. The number of amides is 1. The van der Waals surface area contributed by atoms with Crippen molar-refractivity contribution >= 4 is 17.7 Å². The number of nitrogens with one attached hydrogen (secondary N) is 1. The highest BCUT2D eigenvalue weighted by Crippen LogP contribution is 2.27. The molecule has 1 aliphatic rings. The van der Waals surface area contributed by atoms with Gasteiger partial charge in [-0.2, -0.15) is 13.2 Å². The van der Waals surface area contributed by atoms with Gasteiger partial charge in [-0.05, 0) is 57.1 Å². The van der Waals surface area contributed by atoms with E-state index in [-0.39, 0.29) is 0 Å². The fourth-order valence-electron chi connectivity index (χ4n) is 3.19. The Bertz CT molecular complexity index is 850. The maximum absolute atomic E-state index is 13.4. The molecule has 30 heavy (non-hydrogen) atoms. The minimum atomic E-state index is -4.48. The summed E-state index contributed by atoms with van der Waals surface area (Å²) in [6, 6.07) is 5.79. The Kier molecular flexibility index (Phi) is 7.35. The Labute approximate surface area is 176 Å². The molecule has 1 unspecified atom stereocenters. The first kappa shape index (κ1) is 22.5. The number of benzene rings is 1. The van der Waals surface area contributed by atoms with Gasteiger partial charge < -0.3 is 5.32 Å². The first-order chi connectivity index (χ1) is 14.2. The Balaban J connectivity index is 1.80. The third kappa shape index (κ3) is 6.18. The van der Waals surface area contributed by atoms with E-state index in [0.29, 0.717) is 23.2 Å². The molecule has 1 aliphatic heterocycles. The molecule has 0 aliphatic carbocycles. The molecule has 164 valence electrons. The molecule has 0 bridgehead atoms. The van der Waals surface area contributed by atoms with Crippen LogP contribution in [0.4, 0.5) is 17.6 Å². The number of likely N-dealkylation sites (tertiary alicyclic amines) is 1. The third-order valence-corrected chi connectivity index (χ3v) is 5.76. The number of thioether (sulfide) groups is 1. The van der Waals surface area contributed by atoms with Gasteiger partial charge >= 0.3 is 6.18 Å². The molecule has 1 atom stereocenters. The zero-order valence-electron chi connectivity index (χ0n) is 16.5. The first-order valence-electron chi connectivity index (χ1n) is 9.66. The standard InChI is InChI=1S/C19H23F4N5OS/c1-13(17(29)24-12-19(21,22)23)30-18-26-25-16(11-27-9-3-2-4-10-27)28(18)15-7-5-14(20)6-8-15/h5-8,13H,2-4,9-12H2,1H3,(H,24,29). The van der Waals surface area contributed by atoms with Crippen LogP contribution in [0.15, 0.2) is 29.4 Å². The van der Waals surface area contributed by atoms with Gasteiger partial charge in [-0.25, -0.2) is 4.39 Å². The van der Waals surface area contributed by atoms with Gasteiger partial charge in [-0.15, -0.1) is 10.2 Å². The molecular weight excluding hydrogens is 422 g/mol. The van der Waals surface area contributed by atoms with E-state index in [0.717, 1.165) is 37.7 Å². The molecule has 1 saturated heterocycles. The molecule has 2 heterocycles. The van der Waals surface area contributed by atoms with Gasteiger partial charge in [0.1, 0.15) is 12.4 Å². The molecule has 1 fully saturated rings. The lowest BCUT2D eigenvalue weighted by molar-refractivity contribution is -0.137. The van der Waals surface area contributed by atoms with Crippen LogP contribution < -0.4 is 5.32 Å². The van der Waals surface area contributed by atoms with E-state index in [4.69, 9.17) is 0 Å². The van der Waals surface area contributed by atoms with Gasteiger partial charge in [-0.1, -0.05) is 18.2 Å². The highest BCUT2D eigenvalue weighted by molar-refractivity contribution is 8.00. The number of piperidine rings is 1. The van der Waals surface area contributed by atoms with Crippen LogP contribution >= 0.6 is 11.8 Å². The van der Waals surface area contributed by atoms with Crippen LogP contribution in [-0.2, 0) is 11.3 Å². The average Bonchev–Trinajstić information content (AvgIpc) is 3.09. The van der Waals surface area contributed by atoms with Crippen LogP contribution in [0.25, 0.3) is 5.69 Å². The number of aromatic nitrogens is 3. The second kappa shape index (κ2) is 9.78. The topological polar surface area (TPSA) is 63.1 Å². The molecule has 3 rings (SSSR count). The van der Waals surface area contributed by atoms with E-state index in [9.17, 15) is 22.4 Å². The average molecular weight is 445 g/mol. The van der Waals surface area contributed by atoms with Crippen molar-refractivity contribution < 1.29 is 22.4 Å². The Hall–Kier alpha value is -2.14. The second-order valence-corrected chi connectivity index (χ2v) is 8.45. The predicted octanol–water partition coefficient (Wildman–Crippen LogP) is 3.55. The fourth-order valence-corrected chi connectivity index (χ4v) is 4.10. The van der Waals surface area contributed by atoms with Crippen LogP contribution in [0, 0.1) is 5.82 Å². The molecule has 6 nitrogen and oxygen atoms in total. The molecule has 0 radical (unpaired) electrons. The van der Waals surface area contributed by atoms with Crippen LogP contribution in [0.1, 0.15) is 32.0 Å². The van der Waals surface area contributed by atoms with Crippen molar-refractivity contribution in [2.24, 2.45) is 0 Å². The Morgan fingerprint density at radius 1 is 1.17 bits per heavy atom. The summed E-state index contributed by atoms with van der Waals surface area (Å²) in [6.07, 6.45) is -1.09. The van der Waals surface area contributed by atoms with E-state index in [2.05, 4.69) is 15.1 Å². The Morgan fingerprint density at radius 3 is 2.47 bits per heavy atom. The summed E-state index contributed by atoms with van der Waals surface area (Å²) in [7, 11) is 0. The highest BCUT2D eigenvalue weighted by atomic mass is 32.2. The number of hydrogen-bond acceptors (Lipinski definition) is 5. The van der Waals surface area contributed by atoms with Gasteiger partial charge in [0.2, 0.25) is 5.91 Å². The van der Waals surface area contributed by atoms with E-state index in [1.165, 1.54) is 25.5 Å². The van der Waals surface area contributed by atoms with Crippen molar-refractivity contribution in [3.05, 3.63) is 35.9 Å². The van der Waals surface area contributed by atoms with Crippen LogP contribution in [0.2, 0.25) is 0 Å². The molecule has 1 amide bonds. The van der Waals surface area contributed by atoms with Crippen molar-refractivity contribution in [3.63, 3.8) is 0 Å². The van der Waals surface area contributed by atoms with E-state index < -0.39 is 29.7 Å². The van der Waals surface area contributed by atoms with Crippen molar-refractivity contribution in [2.45, 2.75) is 49.3 Å². The number of rotatable bonds is 7. The van der Waals surface area contributed by atoms with Gasteiger partial charge in [-0.3, -0.25) is 14.3 Å². The van der Waals surface area contributed by atoms with Crippen LogP contribution in [0.5, 0.6) is 0 Å². The number of halogens is 4. The Morgan fingerprint density at radius 2 is 1.83 bits per heavy atom. The lowest BCUT2D eigenvalue weighted by Gasteiger charge is -2.26. The van der Waals surface area contributed by atoms with E-state index >= 15 is 0 Å². The number of nitrogens with zero attached hydrogens (tertiary/aromatic N) is 4. The van der Waals surface area contributed by atoms with Gasteiger partial charge in [0.15, 0.2) is 11.0 Å². The van der Waals surface area contributed by atoms with Gasteiger partial charge in [0.25, 0.3) is 0 Å². The SMILES string of the molecule is CC(Sc1nnc(CN2CCCCC2)n1-c1ccc(F)cc1)C(=O)NCC(F)(F)F. The van der Waals surface area contributed by atoms with E-state index in [1.54, 1.807) is 16.7 Å². The number of carbonyl (C=O) groups is 1. The van der Waals surface area contributed by atoms with Gasteiger partial charge in [0.05, 0.1) is 11.8 Å². The highest BCUT2D eigenvalue weighted by Gasteiger charge is 2.29. The van der Waals surface area contributed by atoms with Crippen molar-refractivity contribution in [3.8, 4) is 5.69 Å². The summed E-state index contributed by atoms with van der Waals surface area (Å²) in [5.74, 6) is -0.504. The van der Waals surface area contributed by atoms with Crippen LogP contribution in [0.3, 0.4) is 0 Å². The van der Waals surface area contributed by atoms with Crippen LogP contribution in [-0.4, -0.2) is 56.6 Å². The lowest BCUT2D eigenvalue weighted by Crippen LogP contribution is -2.38. The summed E-state index contributed by atoms with van der Waals surface area (Å²) < 4.78 is 52.2. The summed E-state index contributed by atoms with van der Waals surface area (Å²) in [4.78, 5) is 14.3. The molecule has 1 N–H and O–H groups in total. The first-order valence-corrected chi connectivity index (χ1v) is 10.5. The van der Waals surface area contributed by atoms with Crippen molar-refractivity contribution in [1.82, 2.24) is 25.0 Å². The molecule has 0 spiro atoms. The maximum Gasteiger partial charge on any atom is 0.405 e. The normalized spacial score (nSPS) is 16.4. The summed E-state index contributed by atoms with van der Waals surface area (Å²) >= 11 is 1.01. The molecule has 1 aromatic heterocycles. The molecule has 1 aromatic carbocycles. The van der Waals surface area contributed by atoms with E-state index in [1.807, 2.05) is 5.32 Å². The molecular formula is C19H23F4N5OS. The number of carbonyl (C=O) groups excluding carboxylic acids is 1. The molecule has 2 aromatic rings. The smallest absolute Gasteiger partial charge is 0.346 e. The predicted molar refractivity (Wildman–Crippen MR) is 105 cm³/mol. The molecule has 11 heteroatoms. The number of alkyl halides is 3.